The molecule has 0 radical (unpaired) electrons. The zero-order chi connectivity index (χ0) is 19.0. The highest BCUT2D eigenvalue weighted by Gasteiger charge is 2.55. The van der Waals surface area contributed by atoms with Crippen LogP contribution in [-0.4, -0.2) is 25.7 Å². The maximum Gasteiger partial charge on any atom is 0.315 e. The number of para-hydroxylation sites is 1. The van der Waals surface area contributed by atoms with Crippen LogP contribution in [0.3, 0.4) is 0 Å². The van der Waals surface area contributed by atoms with E-state index in [1.807, 2.05) is 18.2 Å². The average Bonchev–Trinajstić information content (AvgIpc) is 2.94. The van der Waals surface area contributed by atoms with E-state index in [2.05, 4.69) is 24.9 Å². The molecule has 1 aromatic carbocycles. The summed E-state index contributed by atoms with van der Waals surface area (Å²) in [6.07, 6.45) is 5.80. The van der Waals surface area contributed by atoms with E-state index in [1.54, 1.807) is 7.11 Å². The number of rotatable bonds is 5. The van der Waals surface area contributed by atoms with Crippen molar-refractivity contribution in [3.8, 4) is 5.75 Å². The van der Waals surface area contributed by atoms with Crippen molar-refractivity contribution in [2.24, 2.45) is 23.2 Å². The Hall–Kier alpha value is -1.81. The standard InChI is InChI=1S/C23H31NO3/c1-15-7-6-10-23(2)12-21-17(11-19(15)23)18(22(25)27-21)14-24-13-16-8-4-5-9-20(16)26-3/h4-5,8-9,17-19,21,24H,1,6-7,10-14H2,2-3H3/p+1/t17-,18-,19-,21+,23-/m0/s1. The van der Waals surface area contributed by atoms with E-state index in [0.29, 0.717) is 11.8 Å². The third-order valence-electron chi connectivity index (χ3n) is 7.30. The summed E-state index contributed by atoms with van der Waals surface area (Å²) in [5, 5.41) is 2.23. The van der Waals surface area contributed by atoms with E-state index >= 15 is 0 Å². The molecule has 1 saturated heterocycles. The van der Waals surface area contributed by atoms with Crippen molar-refractivity contribution < 1.29 is 19.6 Å². The summed E-state index contributed by atoms with van der Waals surface area (Å²) in [5.41, 5.74) is 2.84. The Bertz CT molecular complexity index is 730. The van der Waals surface area contributed by atoms with Gasteiger partial charge in [-0.2, -0.15) is 0 Å². The van der Waals surface area contributed by atoms with Crippen molar-refractivity contribution >= 4 is 5.97 Å². The van der Waals surface area contributed by atoms with E-state index in [4.69, 9.17) is 9.47 Å². The van der Waals surface area contributed by atoms with Crippen LogP contribution in [0.25, 0.3) is 0 Å². The molecular formula is C23H32NO3+. The van der Waals surface area contributed by atoms with Crippen LogP contribution in [0.4, 0.5) is 0 Å². The Morgan fingerprint density at radius 3 is 3.00 bits per heavy atom. The minimum Gasteiger partial charge on any atom is -0.496 e. The summed E-state index contributed by atoms with van der Waals surface area (Å²) in [7, 11) is 1.70. The number of methoxy groups -OCH3 is 1. The van der Waals surface area contributed by atoms with Gasteiger partial charge in [0.25, 0.3) is 0 Å². The molecule has 1 aliphatic heterocycles. The van der Waals surface area contributed by atoms with Gasteiger partial charge in [-0.25, -0.2) is 0 Å². The molecule has 0 amide bonds. The molecule has 0 spiro atoms. The normalized spacial score (nSPS) is 35.3. The number of hydrogen-bond donors (Lipinski definition) is 1. The van der Waals surface area contributed by atoms with Gasteiger partial charge in [-0.1, -0.05) is 31.2 Å². The lowest BCUT2D eigenvalue weighted by Gasteiger charge is -2.49. The van der Waals surface area contributed by atoms with Gasteiger partial charge in [0.05, 0.1) is 13.7 Å². The first-order valence-corrected chi connectivity index (χ1v) is 10.3. The Morgan fingerprint density at radius 1 is 1.37 bits per heavy atom. The molecule has 146 valence electrons. The van der Waals surface area contributed by atoms with Crippen molar-refractivity contribution in [2.75, 3.05) is 13.7 Å². The number of fused-ring (bicyclic) bond motifs is 2. The van der Waals surface area contributed by atoms with Crippen LogP contribution >= 0.6 is 0 Å². The first kappa shape index (κ1) is 18.5. The highest BCUT2D eigenvalue weighted by atomic mass is 16.6. The topological polar surface area (TPSA) is 52.1 Å². The van der Waals surface area contributed by atoms with Gasteiger partial charge < -0.3 is 14.8 Å². The van der Waals surface area contributed by atoms with Gasteiger partial charge in [0.1, 0.15) is 24.3 Å². The lowest BCUT2D eigenvalue weighted by atomic mass is 9.55. The van der Waals surface area contributed by atoms with E-state index in [1.165, 1.54) is 24.0 Å². The van der Waals surface area contributed by atoms with Crippen molar-refractivity contribution in [1.29, 1.82) is 0 Å². The van der Waals surface area contributed by atoms with E-state index < -0.39 is 0 Å². The second kappa shape index (κ2) is 7.31. The molecule has 0 unspecified atom stereocenters. The Morgan fingerprint density at radius 2 is 2.19 bits per heavy atom. The molecule has 3 aliphatic rings. The molecule has 2 N–H and O–H groups in total. The quantitative estimate of drug-likeness (QED) is 0.640. The SMILES string of the molecule is C=C1CCC[C@@]2(C)C[C@H]3OC(=O)[C@@H](C[NH2+]Cc4ccccc4OC)[C@@H]3C[C@@H]12. The smallest absolute Gasteiger partial charge is 0.315 e. The van der Waals surface area contributed by atoms with E-state index in [-0.39, 0.29) is 23.4 Å². The summed E-state index contributed by atoms with van der Waals surface area (Å²) in [6.45, 7) is 8.36. The molecule has 27 heavy (non-hydrogen) atoms. The van der Waals surface area contributed by atoms with Crippen LogP contribution < -0.4 is 10.1 Å². The molecule has 4 heteroatoms. The Balaban J connectivity index is 1.42. The fourth-order valence-electron chi connectivity index (χ4n) is 5.82. The Kier molecular flexibility index (Phi) is 5.02. The monoisotopic (exact) mass is 370 g/mol. The zero-order valence-corrected chi connectivity index (χ0v) is 16.6. The summed E-state index contributed by atoms with van der Waals surface area (Å²) < 4.78 is 11.3. The molecule has 1 aromatic rings. The highest BCUT2D eigenvalue weighted by Crippen LogP contribution is 2.56. The summed E-state index contributed by atoms with van der Waals surface area (Å²) in [6, 6.07) is 8.09. The molecule has 0 bridgehead atoms. The zero-order valence-electron chi connectivity index (χ0n) is 16.6. The number of nitrogens with two attached hydrogens (primary N) is 1. The van der Waals surface area contributed by atoms with Gasteiger partial charge in [0, 0.05) is 11.5 Å². The molecule has 1 heterocycles. The second-order valence-electron chi connectivity index (χ2n) is 8.94. The maximum absolute atomic E-state index is 12.6. The lowest BCUT2D eigenvalue weighted by molar-refractivity contribution is -0.675. The molecule has 4 nitrogen and oxygen atoms in total. The first-order valence-electron chi connectivity index (χ1n) is 10.3. The Labute approximate surface area is 162 Å². The van der Waals surface area contributed by atoms with Crippen LogP contribution in [0, 0.1) is 23.2 Å². The number of carbonyl (C=O) groups excluding carboxylic acids is 1. The van der Waals surface area contributed by atoms with Gasteiger partial charge in [0.15, 0.2) is 0 Å². The molecule has 3 fully saturated rings. The number of hydrogen-bond acceptors (Lipinski definition) is 3. The number of ether oxygens (including phenoxy) is 2. The second-order valence-corrected chi connectivity index (χ2v) is 8.94. The fourth-order valence-corrected chi connectivity index (χ4v) is 5.82. The van der Waals surface area contributed by atoms with Gasteiger partial charge in [-0.15, -0.1) is 0 Å². The molecule has 0 aromatic heterocycles. The summed E-state index contributed by atoms with van der Waals surface area (Å²) in [4.78, 5) is 12.6. The summed E-state index contributed by atoms with van der Waals surface area (Å²) >= 11 is 0. The largest absolute Gasteiger partial charge is 0.496 e. The molecule has 5 atom stereocenters. The predicted molar refractivity (Wildman–Crippen MR) is 104 cm³/mol. The number of esters is 1. The van der Waals surface area contributed by atoms with Crippen LogP contribution in [0.5, 0.6) is 5.75 Å². The number of carbonyl (C=O) groups is 1. The van der Waals surface area contributed by atoms with Crippen LogP contribution in [0.1, 0.15) is 44.6 Å². The molecule has 2 aliphatic carbocycles. The third-order valence-corrected chi connectivity index (χ3v) is 7.30. The first-order chi connectivity index (χ1) is 13.0. The predicted octanol–water partition coefficient (Wildman–Crippen LogP) is 3.07. The third kappa shape index (κ3) is 3.40. The molecule has 4 rings (SSSR count). The van der Waals surface area contributed by atoms with Crippen molar-refractivity contribution in [3.63, 3.8) is 0 Å². The van der Waals surface area contributed by atoms with E-state index in [9.17, 15) is 4.79 Å². The van der Waals surface area contributed by atoms with Gasteiger partial charge in [-0.05, 0) is 55.6 Å². The number of allylic oxidation sites excluding steroid dienone is 1. The van der Waals surface area contributed by atoms with Crippen LogP contribution in [-0.2, 0) is 16.1 Å². The minimum absolute atomic E-state index is 0.00369. The van der Waals surface area contributed by atoms with Crippen molar-refractivity contribution in [2.45, 2.75) is 51.7 Å². The minimum atomic E-state index is 0.00369. The van der Waals surface area contributed by atoms with Crippen molar-refractivity contribution in [1.82, 2.24) is 0 Å². The highest BCUT2D eigenvalue weighted by molar-refractivity contribution is 5.75. The van der Waals surface area contributed by atoms with Gasteiger partial charge >= 0.3 is 5.97 Å². The number of quaternary nitrogens is 1. The van der Waals surface area contributed by atoms with Crippen LogP contribution in [0.15, 0.2) is 36.4 Å². The van der Waals surface area contributed by atoms with E-state index in [0.717, 1.165) is 38.1 Å². The van der Waals surface area contributed by atoms with Crippen LogP contribution in [0.2, 0.25) is 0 Å². The molecular weight excluding hydrogens is 338 g/mol. The van der Waals surface area contributed by atoms with Crippen molar-refractivity contribution in [3.05, 3.63) is 42.0 Å². The average molecular weight is 371 g/mol. The van der Waals surface area contributed by atoms with Gasteiger partial charge in [-0.3, -0.25) is 4.79 Å². The summed E-state index contributed by atoms with van der Waals surface area (Å²) in [5.74, 6) is 1.82. The lowest BCUT2D eigenvalue weighted by Crippen LogP contribution is -2.84. The van der Waals surface area contributed by atoms with Gasteiger partial charge in [0.2, 0.25) is 0 Å². The number of benzene rings is 1. The fraction of sp³-hybridized carbons (Fsp3) is 0.609. The maximum atomic E-state index is 12.6. The molecule has 2 saturated carbocycles.